The molecule has 0 atom stereocenters. The van der Waals surface area contributed by atoms with Gasteiger partial charge < -0.3 is 0 Å². The van der Waals surface area contributed by atoms with Crippen molar-refractivity contribution in [1.82, 2.24) is 0 Å². The zero-order valence-corrected chi connectivity index (χ0v) is 8.10. The highest BCUT2D eigenvalue weighted by molar-refractivity contribution is 7.17. The lowest BCUT2D eigenvalue weighted by Crippen LogP contribution is -1.87. The highest BCUT2D eigenvalue weighted by Gasteiger charge is 2.11. The normalized spacial score (nSPS) is 10.7. The van der Waals surface area contributed by atoms with Crippen LogP contribution in [0, 0.1) is 22.2 Å². The third-order valence-corrected chi connectivity index (χ3v) is 2.88. The van der Waals surface area contributed by atoms with E-state index in [0.717, 1.165) is 22.3 Å². The number of hydrogen-bond donors (Lipinski definition) is 0. The summed E-state index contributed by atoms with van der Waals surface area (Å²) in [5, 5.41) is 11.0. The van der Waals surface area contributed by atoms with Crippen LogP contribution in [0.2, 0.25) is 0 Å². The van der Waals surface area contributed by atoms with Gasteiger partial charge in [0.15, 0.2) is 5.13 Å². The van der Waals surface area contributed by atoms with Gasteiger partial charge in [0.2, 0.25) is 0 Å². The lowest BCUT2D eigenvalue weighted by atomic mass is 10.1. The van der Waals surface area contributed by atoms with E-state index in [1.54, 1.807) is 6.92 Å². The second-order valence-corrected chi connectivity index (χ2v) is 4.02. The van der Waals surface area contributed by atoms with Crippen molar-refractivity contribution in [2.45, 2.75) is 6.92 Å². The molecule has 1 heterocycles. The molecule has 0 radical (unpaired) electrons. The van der Waals surface area contributed by atoms with Crippen LogP contribution in [0.1, 0.15) is 5.56 Å². The molecule has 0 saturated heterocycles. The molecule has 0 N–H and O–H groups in total. The molecule has 3 nitrogen and oxygen atoms in total. The second kappa shape index (κ2) is 3.02. The predicted octanol–water partition coefficient (Wildman–Crippen LogP) is 3.26. The third kappa shape index (κ3) is 1.35. The molecular formula is C9H6FNO2S. The predicted molar refractivity (Wildman–Crippen MR) is 53.2 cm³/mol. The highest BCUT2D eigenvalue weighted by atomic mass is 32.1. The molecule has 0 saturated carbocycles. The molecule has 1 aromatic heterocycles. The molecular weight excluding hydrogens is 205 g/mol. The van der Waals surface area contributed by atoms with E-state index in [1.165, 1.54) is 18.2 Å². The number of fused-ring (bicyclic) bond motifs is 1. The Morgan fingerprint density at radius 3 is 2.79 bits per heavy atom. The van der Waals surface area contributed by atoms with Gasteiger partial charge in [-0.15, -0.1) is 11.3 Å². The van der Waals surface area contributed by atoms with E-state index in [2.05, 4.69) is 0 Å². The number of non-ortho nitro benzene ring substituents is 1. The molecule has 14 heavy (non-hydrogen) atoms. The summed E-state index contributed by atoms with van der Waals surface area (Å²) < 4.78 is 13.5. The summed E-state index contributed by atoms with van der Waals surface area (Å²) in [6.07, 6.45) is 0. The van der Waals surface area contributed by atoms with Crippen LogP contribution in [0.3, 0.4) is 0 Å². The Balaban J connectivity index is 2.77. The number of nitro benzene ring substituents is 1. The van der Waals surface area contributed by atoms with Gasteiger partial charge in [0.1, 0.15) is 0 Å². The van der Waals surface area contributed by atoms with E-state index < -0.39 is 4.92 Å². The van der Waals surface area contributed by atoms with E-state index in [1.807, 2.05) is 0 Å². The van der Waals surface area contributed by atoms with Crippen LogP contribution in [-0.4, -0.2) is 4.92 Å². The van der Waals surface area contributed by atoms with E-state index in [0.29, 0.717) is 4.70 Å². The molecule has 2 rings (SSSR count). The minimum Gasteiger partial charge on any atom is -0.258 e. The van der Waals surface area contributed by atoms with E-state index in [9.17, 15) is 14.5 Å². The van der Waals surface area contributed by atoms with Gasteiger partial charge in [-0.3, -0.25) is 10.1 Å². The van der Waals surface area contributed by atoms with Gasteiger partial charge in [0.05, 0.1) is 4.92 Å². The Bertz CT molecular complexity index is 521. The van der Waals surface area contributed by atoms with E-state index >= 15 is 0 Å². The lowest BCUT2D eigenvalue weighted by Gasteiger charge is -1.95. The van der Waals surface area contributed by atoms with Crippen molar-refractivity contribution in [3.05, 3.63) is 39.0 Å². The first-order valence-electron chi connectivity index (χ1n) is 3.92. The van der Waals surface area contributed by atoms with Crippen LogP contribution in [0.15, 0.2) is 18.2 Å². The molecule has 0 aliphatic rings. The maximum absolute atomic E-state index is 12.9. The van der Waals surface area contributed by atoms with Crippen LogP contribution < -0.4 is 0 Å². The first kappa shape index (κ1) is 9.08. The Morgan fingerprint density at radius 2 is 2.14 bits per heavy atom. The van der Waals surface area contributed by atoms with Crippen molar-refractivity contribution in [2.75, 3.05) is 0 Å². The van der Waals surface area contributed by atoms with Crippen molar-refractivity contribution >= 4 is 27.1 Å². The third-order valence-electron chi connectivity index (χ3n) is 2.01. The van der Waals surface area contributed by atoms with Crippen LogP contribution in [-0.2, 0) is 0 Å². The van der Waals surface area contributed by atoms with Crippen LogP contribution >= 0.6 is 11.3 Å². The number of hydrogen-bond acceptors (Lipinski definition) is 3. The Kier molecular flexibility index (Phi) is 1.96. The fourth-order valence-corrected chi connectivity index (χ4v) is 2.27. The zero-order chi connectivity index (χ0) is 10.3. The minimum atomic E-state index is -0.468. The Morgan fingerprint density at radius 1 is 1.43 bits per heavy atom. The van der Waals surface area contributed by atoms with Gasteiger partial charge in [-0.25, -0.2) is 0 Å². The second-order valence-electron chi connectivity index (χ2n) is 2.98. The molecule has 1 aromatic carbocycles. The van der Waals surface area contributed by atoms with Gasteiger partial charge in [-0.05, 0) is 23.9 Å². The smallest absolute Gasteiger partial charge is 0.258 e. The summed E-state index contributed by atoms with van der Waals surface area (Å²) in [7, 11) is 0. The van der Waals surface area contributed by atoms with Crippen molar-refractivity contribution in [1.29, 1.82) is 0 Å². The number of benzene rings is 1. The van der Waals surface area contributed by atoms with E-state index in [4.69, 9.17) is 0 Å². The highest BCUT2D eigenvalue weighted by Crippen LogP contribution is 2.30. The van der Waals surface area contributed by atoms with Crippen molar-refractivity contribution in [3.63, 3.8) is 0 Å². The van der Waals surface area contributed by atoms with Crippen LogP contribution in [0.5, 0.6) is 0 Å². The van der Waals surface area contributed by atoms with Gasteiger partial charge in [-0.2, -0.15) is 4.39 Å². The van der Waals surface area contributed by atoms with Gasteiger partial charge >= 0.3 is 0 Å². The van der Waals surface area contributed by atoms with Crippen LogP contribution in [0.4, 0.5) is 10.1 Å². The quantitative estimate of drug-likeness (QED) is 0.536. The number of thiophene rings is 1. The first-order valence-corrected chi connectivity index (χ1v) is 4.73. The van der Waals surface area contributed by atoms with E-state index in [-0.39, 0.29) is 10.8 Å². The fraction of sp³-hybridized carbons (Fsp3) is 0.111. The van der Waals surface area contributed by atoms with Gasteiger partial charge in [0, 0.05) is 16.8 Å². The molecule has 0 unspecified atom stereocenters. The molecule has 0 aliphatic heterocycles. The largest absolute Gasteiger partial charge is 0.271 e. The van der Waals surface area contributed by atoms with Crippen molar-refractivity contribution in [2.24, 2.45) is 0 Å². The average molecular weight is 211 g/mol. The Labute approximate surface area is 82.9 Å². The maximum atomic E-state index is 12.9. The van der Waals surface area contributed by atoms with Crippen molar-refractivity contribution < 1.29 is 9.31 Å². The monoisotopic (exact) mass is 211 g/mol. The number of nitro groups is 1. The number of nitrogens with zero attached hydrogens (tertiary/aromatic N) is 1. The molecule has 0 aliphatic carbocycles. The molecule has 0 amide bonds. The summed E-state index contributed by atoms with van der Waals surface area (Å²) in [6, 6.07) is 4.25. The van der Waals surface area contributed by atoms with Crippen molar-refractivity contribution in [3.8, 4) is 0 Å². The standard InChI is InChI=1S/C9H6FNO2S/c1-5-2-6(11(12)13)3-8-7(5)4-9(10)14-8/h2-4H,1H3. The molecule has 72 valence electrons. The fourth-order valence-electron chi connectivity index (χ4n) is 1.37. The molecule has 0 fully saturated rings. The average Bonchev–Trinajstić information content (AvgIpc) is 2.45. The topological polar surface area (TPSA) is 43.1 Å². The summed E-state index contributed by atoms with van der Waals surface area (Å²) in [5.41, 5.74) is 0.742. The maximum Gasteiger partial charge on any atom is 0.271 e. The zero-order valence-electron chi connectivity index (χ0n) is 7.28. The molecule has 0 spiro atoms. The van der Waals surface area contributed by atoms with Gasteiger partial charge in [0.25, 0.3) is 5.69 Å². The molecule has 0 bridgehead atoms. The number of aryl methyl sites for hydroxylation is 1. The summed E-state index contributed by atoms with van der Waals surface area (Å²) in [6.45, 7) is 1.74. The summed E-state index contributed by atoms with van der Waals surface area (Å²) in [5.74, 6) is 0. The summed E-state index contributed by atoms with van der Waals surface area (Å²) in [4.78, 5) is 10.1. The Hall–Kier alpha value is -1.49. The SMILES string of the molecule is Cc1cc([N+](=O)[O-])cc2sc(F)cc12. The summed E-state index contributed by atoms with van der Waals surface area (Å²) >= 11 is 0.927. The van der Waals surface area contributed by atoms with Crippen LogP contribution in [0.25, 0.3) is 10.1 Å². The first-order chi connectivity index (χ1) is 6.58. The minimum absolute atomic E-state index is 0.0110. The van der Waals surface area contributed by atoms with Gasteiger partial charge in [-0.1, -0.05) is 0 Å². The number of halogens is 1. The molecule has 2 aromatic rings. The number of rotatable bonds is 1. The lowest BCUT2D eigenvalue weighted by molar-refractivity contribution is -0.384. The molecule has 5 heteroatoms.